The lowest BCUT2D eigenvalue weighted by molar-refractivity contribution is 0.210. The number of ether oxygens (including phenoxy) is 1. The molecule has 7 heteroatoms. The average Bonchev–Trinajstić information content (AvgIpc) is 3.07. The summed E-state index contributed by atoms with van der Waals surface area (Å²) in [6.07, 6.45) is -0.295. The SMILES string of the molecule is CCn1c(SCc2ccc(F)cc2)nnc1C(C)Oc1cc(C)ccc1Cl. The molecule has 4 nitrogen and oxygen atoms in total. The Hall–Kier alpha value is -2.05. The maximum absolute atomic E-state index is 13.0. The second-order valence-electron chi connectivity index (χ2n) is 6.19. The van der Waals surface area contributed by atoms with Gasteiger partial charge < -0.3 is 9.30 Å². The summed E-state index contributed by atoms with van der Waals surface area (Å²) < 4.78 is 21.1. The summed E-state index contributed by atoms with van der Waals surface area (Å²) in [5.74, 6) is 1.84. The lowest BCUT2D eigenvalue weighted by Gasteiger charge is -2.17. The Bertz CT molecular complexity index is 914. The van der Waals surface area contributed by atoms with Crippen molar-refractivity contribution < 1.29 is 9.13 Å². The molecule has 1 unspecified atom stereocenters. The van der Waals surface area contributed by atoms with Gasteiger partial charge in [-0.1, -0.05) is 41.6 Å². The molecule has 1 heterocycles. The van der Waals surface area contributed by atoms with Crippen molar-refractivity contribution >= 4 is 23.4 Å². The van der Waals surface area contributed by atoms with Crippen molar-refractivity contribution in [3.63, 3.8) is 0 Å². The number of rotatable bonds is 7. The highest BCUT2D eigenvalue weighted by molar-refractivity contribution is 7.98. The van der Waals surface area contributed by atoms with Crippen LogP contribution in [0.2, 0.25) is 5.02 Å². The first-order valence-electron chi connectivity index (χ1n) is 8.71. The largest absolute Gasteiger partial charge is 0.481 e. The van der Waals surface area contributed by atoms with Gasteiger partial charge in [0.25, 0.3) is 0 Å². The van der Waals surface area contributed by atoms with E-state index in [1.54, 1.807) is 23.9 Å². The standard InChI is InChI=1S/C20H21ClFN3OS/c1-4-25-19(14(3)26-18-11-13(2)5-10-17(18)21)23-24-20(25)27-12-15-6-8-16(22)9-7-15/h5-11,14H,4,12H2,1-3H3. The number of hydrogen-bond acceptors (Lipinski definition) is 4. The summed E-state index contributed by atoms with van der Waals surface area (Å²) in [5.41, 5.74) is 2.11. The second-order valence-corrected chi connectivity index (χ2v) is 7.54. The normalized spacial score (nSPS) is 12.2. The highest BCUT2D eigenvalue weighted by Crippen LogP contribution is 2.31. The Labute approximate surface area is 167 Å². The molecule has 3 rings (SSSR count). The summed E-state index contributed by atoms with van der Waals surface area (Å²) in [4.78, 5) is 0. The van der Waals surface area contributed by atoms with E-state index in [0.29, 0.717) is 16.5 Å². The number of aryl methyl sites for hydroxylation is 1. The van der Waals surface area contributed by atoms with E-state index >= 15 is 0 Å². The predicted octanol–water partition coefficient (Wildman–Crippen LogP) is 5.83. The van der Waals surface area contributed by atoms with E-state index in [2.05, 4.69) is 10.2 Å². The van der Waals surface area contributed by atoms with Crippen molar-refractivity contribution in [3.05, 3.63) is 70.3 Å². The molecular weight excluding hydrogens is 385 g/mol. The van der Waals surface area contributed by atoms with Gasteiger partial charge in [0.15, 0.2) is 17.1 Å². The molecule has 2 aromatic carbocycles. The molecule has 0 amide bonds. The third-order valence-corrected chi connectivity index (χ3v) is 5.45. The van der Waals surface area contributed by atoms with Gasteiger partial charge >= 0.3 is 0 Å². The summed E-state index contributed by atoms with van der Waals surface area (Å²) in [6, 6.07) is 12.2. The molecule has 0 spiro atoms. The first kappa shape index (κ1) is 19.7. The van der Waals surface area contributed by atoms with E-state index in [0.717, 1.165) is 28.7 Å². The van der Waals surface area contributed by atoms with E-state index in [1.807, 2.05) is 43.5 Å². The Morgan fingerprint density at radius 3 is 2.63 bits per heavy atom. The van der Waals surface area contributed by atoms with Crippen LogP contribution in [0.4, 0.5) is 4.39 Å². The van der Waals surface area contributed by atoms with E-state index < -0.39 is 0 Å². The minimum absolute atomic E-state index is 0.233. The number of hydrogen-bond donors (Lipinski definition) is 0. The molecular formula is C20H21ClFN3OS. The van der Waals surface area contributed by atoms with Gasteiger partial charge in [-0.3, -0.25) is 0 Å². The predicted molar refractivity (Wildman–Crippen MR) is 107 cm³/mol. The molecule has 27 heavy (non-hydrogen) atoms. The zero-order valence-electron chi connectivity index (χ0n) is 15.4. The molecule has 0 saturated carbocycles. The van der Waals surface area contributed by atoms with Crippen LogP contribution in [0.3, 0.4) is 0 Å². The van der Waals surface area contributed by atoms with E-state index in [9.17, 15) is 4.39 Å². The summed E-state index contributed by atoms with van der Waals surface area (Å²) in [6.45, 7) is 6.69. The fourth-order valence-corrected chi connectivity index (χ4v) is 3.80. The molecule has 0 saturated heterocycles. The maximum Gasteiger partial charge on any atom is 0.191 e. The Morgan fingerprint density at radius 1 is 1.19 bits per heavy atom. The topological polar surface area (TPSA) is 39.9 Å². The van der Waals surface area contributed by atoms with Crippen LogP contribution in [0.15, 0.2) is 47.6 Å². The highest BCUT2D eigenvalue weighted by atomic mass is 35.5. The van der Waals surface area contributed by atoms with Crippen LogP contribution >= 0.6 is 23.4 Å². The second kappa shape index (κ2) is 8.76. The van der Waals surface area contributed by atoms with Crippen LogP contribution in [0.25, 0.3) is 0 Å². The molecule has 0 aliphatic rings. The van der Waals surface area contributed by atoms with Crippen molar-refractivity contribution in [3.8, 4) is 5.75 Å². The van der Waals surface area contributed by atoms with Gasteiger partial charge in [-0.25, -0.2) is 4.39 Å². The summed E-state index contributed by atoms with van der Waals surface area (Å²) in [5, 5.41) is 10.0. The number of thioether (sulfide) groups is 1. The highest BCUT2D eigenvalue weighted by Gasteiger charge is 2.19. The molecule has 0 fully saturated rings. The number of aromatic nitrogens is 3. The van der Waals surface area contributed by atoms with Crippen molar-refractivity contribution in [1.82, 2.24) is 14.8 Å². The van der Waals surface area contributed by atoms with Crippen LogP contribution in [-0.4, -0.2) is 14.8 Å². The van der Waals surface area contributed by atoms with Crippen molar-refractivity contribution in [1.29, 1.82) is 0 Å². The third-order valence-electron chi connectivity index (χ3n) is 4.10. The molecule has 1 atom stereocenters. The molecule has 3 aromatic rings. The molecule has 0 radical (unpaired) electrons. The molecule has 0 aliphatic carbocycles. The quantitative estimate of drug-likeness (QED) is 0.463. The smallest absolute Gasteiger partial charge is 0.191 e. The van der Waals surface area contributed by atoms with Gasteiger partial charge in [0, 0.05) is 12.3 Å². The molecule has 0 N–H and O–H groups in total. The lowest BCUT2D eigenvalue weighted by atomic mass is 10.2. The zero-order chi connectivity index (χ0) is 19.4. The first-order chi connectivity index (χ1) is 13.0. The fourth-order valence-electron chi connectivity index (χ4n) is 2.68. The van der Waals surface area contributed by atoms with Crippen molar-refractivity contribution in [2.24, 2.45) is 0 Å². The van der Waals surface area contributed by atoms with Crippen LogP contribution in [-0.2, 0) is 12.3 Å². The molecule has 142 valence electrons. The van der Waals surface area contributed by atoms with Gasteiger partial charge in [0.2, 0.25) is 0 Å². The average molecular weight is 406 g/mol. The monoisotopic (exact) mass is 405 g/mol. The zero-order valence-corrected chi connectivity index (χ0v) is 17.0. The Morgan fingerprint density at radius 2 is 1.93 bits per heavy atom. The van der Waals surface area contributed by atoms with Crippen LogP contribution in [0.5, 0.6) is 5.75 Å². The number of nitrogens with zero attached hydrogens (tertiary/aromatic N) is 3. The first-order valence-corrected chi connectivity index (χ1v) is 10.1. The number of benzene rings is 2. The molecule has 0 aliphatic heterocycles. The minimum Gasteiger partial charge on any atom is -0.481 e. The summed E-state index contributed by atoms with van der Waals surface area (Å²) in [7, 11) is 0. The van der Waals surface area contributed by atoms with Gasteiger partial charge in [0.05, 0.1) is 5.02 Å². The van der Waals surface area contributed by atoms with E-state index in [4.69, 9.17) is 16.3 Å². The minimum atomic E-state index is -0.295. The van der Waals surface area contributed by atoms with Gasteiger partial charge in [0.1, 0.15) is 11.6 Å². The number of halogens is 2. The fraction of sp³-hybridized carbons (Fsp3) is 0.300. The van der Waals surface area contributed by atoms with Crippen molar-refractivity contribution in [2.45, 2.75) is 44.3 Å². The van der Waals surface area contributed by atoms with E-state index in [-0.39, 0.29) is 11.9 Å². The van der Waals surface area contributed by atoms with Gasteiger partial charge in [-0.2, -0.15) is 0 Å². The van der Waals surface area contributed by atoms with Crippen molar-refractivity contribution in [2.75, 3.05) is 0 Å². The van der Waals surface area contributed by atoms with Gasteiger partial charge in [-0.05, 0) is 56.2 Å². The summed E-state index contributed by atoms with van der Waals surface area (Å²) >= 11 is 7.80. The lowest BCUT2D eigenvalue weighted by Crippen LogP contribution is -2.12. The van der Waals surface area contributed by atoms with Crippen LogP contribution < -0.4 is 4.74 Å². The maximum atomic E-state index is 13.0. The van der Waals surface area contributed by atoms with E-state index in [1.165, 1.54) is 12.1 Å². The Balaban J connectivity index is 1.74. The molecule has 0 bridgehead atoms. The van der Waals surface area contributed by atoms with Crippen LogP contribution in [0, 0.1) is 12.7 Å². The Kier molecular flexibility index (Phi) is 6.39. The van der Waals surface area contributed by atoms with Gasteiger partial charge in [-0.15, -0.1) is 10.2 Å². The molecule has 1 aromatic heterocycles. The van der Waals surface area contributed by atoms with Crippen LogP contribution in [0.1, 0.15) is 36.9 Å². The third kappa shape index (κ3) is 4.82.